The summed E-state index contributed by atoms with van der Waals surface area (Å²) in [5.41, 5.74) is 7.65. The van der Waals surface area contributed by atoms with Crippen LogP contribution in [0.15, 0.2) is 155 Å². The highest BCUT2D eigenvalue weighted by Gasteiger charge is 2.19. The minimum absolute atomic E-state index is 0.909. The third-order valence-corrected chi connectivity index (χ3v) is 9.30. The zero-order valence-corrected chi connectivity index (χ0v) is 23.7. The SMILES string of the molecule is c1ccc2c(c1)ccc1oc3ccc(-c4c5ccccc5c(-c5ccc6c(ccc7ccoc76)c5)c5ccccc45)cc3c12. The second-order valence-corrected chi connectivity index (χ2v) is 11.7. The van der Waals surface area contributed by atoms with Gasteiger partial charge in [0.2, 0.25) is 0 Å². The first-order chi connectivity index (χ1) is 21.8. The fourth-order valence-corrected chi connectivity index (χ4v) is 7.36. The van der Waals surface area contributed by atoms with Crippen LogP contribution in [0.1, 0.15) is 0 Å². The van der Waals surface area contributed by atoms with Gasteiger partial charge in [0.1, 0.15) is 16.7 Å². The van der Waals surface area contributed by atoms with Crippen LogP contribution in [0.5, 0.6) is 0 Å². The lowest BCUT2D eigenvalue weighted by atomic mass is 9.85. The van der Waals surface area contributed by atoms with Crippen LogP contribution in [0.4, 0.5) is 0 Å². The van der Waals surface area contributed by atoms with E-state index in [9.17, 15) is 0 Å². The van der Waals surface area contributed by atoms with Crippen molar-refractivity contribution in [3.05, 3.63) is 146 Å². The summed E-state index contributed by atoms with van der Waals surface area (Å²) in [5, 5.41) is 13.1. The second-order valence-electron chi connectivity index (χ2n) is 11.7. The number of hydrogen-bond donors (Lipinski definition) is 0. The molecule has 0 radical (unpaired) electrons. The summed E-state index contributed by atoms with van der Waals surface area (Å²) in [6.45, 7) is 0. The largest absolute Gasteiger partial charge is 0.464 e. The first-order valence-electron chi connectivity index (χ1n) is 15.0. The number of hydrogen-bond acceptors (Lipinski definition) is 2. The van der Waals surface area contributed by atoms with Gasteiger partial charge in [-0.15, -0.1) is 0 Å². The molecular formula is C42H24O2. The Labute approximate surface area is 252 Å². The van der Waals surface area contributed by atoms with Crippen molar-refractivity contribution in [1.82, 2.24) is 0 Å². The molecule has 0 atom stereocenters. The number of benzene rings is 8. The van der Waals surface area contributed by atoms with Gasteiger partial charge in [-0.2, -0.15) is 0 Å². The maximum atomic E-state index is 6.35. The Balaban J connectivity index is 1.28. The van der Waals surface area contributed by atoms with Crippen LogP contribution in [-0.2, 0) is 0 Å². The zero-order chi connectivity index (χ0) is 28.8. The Hall–Kier alpha value is -5.86. The van der Waals surface area contributed by atoms with E-state index in [1.54, 1.807) is 6.26 Å². The molecule has 2 heteroatoms. The van der Waals surface area contributed by atoms with E-state index in [-0.39, 0.29) is 0 Å². The van der Waals surface area contributed by atoms with E-state index in [1.165, 1.54) is 65.3 Å². The van der Waals surface area contributed by atoms with E-state index in [1.807, 2.05) is 6.07 Å². The van der Waals surface area contributed by atoms with Crippen molar-refractivity contribution in [2.24, 2.45) is 0 Å². The van der Waals surface area contributed by atoms with Crippen molar-refractivity contribution < 1.29 is 8.83 Å². The smallest absolute Gasteiger partial charge is 0.141 e. The summed E-state index contributed by atoms with van der Waals surface area (Å²) in [7, 11) is 0. The minimum Gasteiger partial charge on any atom is -0.464 e. The molecule has 0 fully saturated rings. The molecule has 0 N–H and O–H groups in total. The van der Waals surface area contributed by atoms with Gasteiger partial charge in [-0.1, -0.05) is 103 Å². The zero-order valence-electron chi connectivity index (χ0n) is 23.7. The molecule has 2 nitrogen and oxygen atoms in total. The van der Waals surface area contributed by atoms with Crippen LogP contribution in [-0.4, -0.2) is 0 Å². The van der Waals surface area contributed by atoms with E-state index in [4.69, 9.17) is 8.83 Å². The molecule has 2 heterocycles. The van der Waals surface area contributed by atoms with Crippen LogP contribution in [0.3, 0.4) is 0 Å². The van der Waals surface area contributed by atoms with Crippen molar-refractivity contribution in [2.45, 2.75) is 0 Å². The predicted octanol–water partition coefficient (Wildman–Crippen LogP) is 12.3. The van der Waals surface area contributed by atoms with Gasteiger partial charge < -0.3 is 8.83 Å². The minimum atomic E-state index is 0.909. The van der Waals surface area contributed by atoms with E-state index in [0.29, 0.717) is 0 Å². The molecule has 204 valence electrons. The van der Waals surface area contributed by atoms with Gasteiger partial charge in [-0.25, -0.2) is 0 Å². The molecule has 0 aliphatic rings. The Kier molecular flexibility index (Phi) is 4.75. The lowest BCUT2D eigenvalue weighted by Crippen LogP contribution is -1.91. The average Bonchev–Trinajstić information content (AvgIpc) is 3.72. The maximum Gasteiger partial charge on any atom is 0.141 e. The van der Waals surface area contributed by atoms with Gasteiger partial charge in [-0.3, -0.25) is 0 Å². The second kappa shape index (κ2) is 8.82. The quantitative estimate of drug-likeness (QED) is 0.197. The summed E-state index contributed by atoms with van der Waals surface area (Å²) < 4.78 is 12.2. The Morgan fingerprint density at radius 3 is 1.70 bits per heavy atom. The standard InChI is InChI=1S/C42H24O2/c1-2-8-30-25(7-1)16-20-38-41(30)36-24-29(17-19-37(36)44-38)40-34-11-5-3-9-32(34)39(33-10-4-6-12-35(33)40)28-15-18-31-27(23-28)14-13-26-21-22-43-42(26)31/h1-24H. The molecule has 10 aromatic rings. The first-order valence-corrected chi connectivity index (χ1v) is 15.0. The van der Waals surface area contributed by atoms with Gasteiger partial charge in [0.25, 0.3) is 0 Å². The predicted molar refractivity (Wildman–Crippen MR) is 184 cm³/mol. The van der Waals surface area contributed by atoms with E-state index in [0.717, 1.165) is 32.9 Å². The molecule has 44 heavy (non-hydrogen) atoms. The fourth-order valence-electron chi connectivity index (χ4n) is 7.36. The van der Waals surface area contributed by atoms with Gasteiger partial charge in [-0.05, 0) is 96.4 Å². The van der Waals surface area contributed by atoms with Crippen LogP contribution in [0.2, 0.25) is 0 Å². The first kappa shape index (κ1) is 23.7. The molecule has 10 rings (SSSR count). The molecule has 0 bridgehead atoms. The summed E-state index contributed by atoms with van der Waals surface area (Å²) in [6, 6.07) is 50.2. The monoisotopic (exact) mass is 560 g/mol. The molecule has 2 aromatic heterocycles. The lowest BCUT2D eigenvalue weighted by Gasteiger charge is -2.18. The van der Waals surface area contributed by atoms with E-state index >= 15 is 0 Å². The van der Waals surface area contributed by atoms with Gasteiger partial charge >= 0.3 is 0 Å². The van der Waals surface area contributed by atoms with Crippen LogP contribution in [0.25, 0.3) is 98.3 Å². The van der Waals surface area contributed by atoms with Crippen molar-refractivity contribution in [3.63, 3.8) is 0 Å². The van der Waals surface area contributed by atoms with Crippen molar-refractivity contribution >= 4 is 76.0 Å². The Bertz CT molecular complexity index is 2720. The third kappa shape index (κ3) is 3.25. The fraction of sp³-hybridized carbons (Fsp3) is 0. The molecule has 0 unspecified atom stereocenters. The van der Waals surface area contributed by atoms with Crippen LogP contribution in [0, 0.1) is 0 Å². The molecule has 8 aromatic carbocycles. The molecule has 0 aliphatic heterocycles. The van der Waals surface area contributed by atoms with Gasteiger partial charge in [0, 0.05) is 21.5 Å². The highest BCUT2D eigenvalue weighted by molar-refractivity contribution is 6.24. The Morgan fingerprint density at radius 2 is 0.955 bits per heavy atom. The number of rotatable bonds is 2. The van der Waals surface area contributed by atoms with E-state index < -0.39 is 0 Å². The molecule has 0 amide bonds. The summed E-state index contributed by atoms with van der Waals surface area (Å²) in [5.74, 6) is 0. The van der Waals surface area contributed by atoms with Crippen molar-refractivity contribution in [2.75, 3.05) is 0 Å². The molecule has 0 saturated carbocycles. The van der Waals surface area contributed by atoms with Crippen LogP contribution >= 0.6 is 0 Å². The van der Waals surface area contributed by atoms with Gasteiger partial charge in [0.15, 0.2) is 0 Å². The maximum absolute atomic E-state index is 6.35. The topological polar surface area (TPSA) is 26.3 Å². The number of fused-ring (bicyclic) bond motifs is 10. The summed E-state index contributed by atoms with van der Waals surface area (Å²) in [4.78, 5) is 0. The summed E-state index contributed by atoms with van der Waals surface area (Å²) >= 11 is 0. The molecule has 0 spiro atoms. The van der Waals surface area contributed by atoms with Crippen molar-refractivity contribution in [3.8, 4) is 22.3 Å². The highest BCUT2D eigenvalue weighted by Crippen LogP contribution is 2.46. The van der Waals surface area contributed by atoms with Crippen molar-refractivity contribution in [1.29, 1.82) is 0 Å². The molecular weight excluding hydrogens is 536 g/mol. The number of furan rings is 2. The van der Waals surface area contributed by atoms with Gasteiger partial charge in [0.05, 0.1) is 6.26 Å². The van der Waals surface area contributed by atoms with Crippen LogP contribution < -0.4 is 0 Å². The highest BCUT2D eigenvalue weighted by atomic mass is 16.3. The van der Waals surface area contributed by atoms with E-state index in [2.05, 4.69) is 133 Å². The average molecular weight is 561 g/mol. The lowest BCUT2D eigenvalue weighted by molar-refractivity contribution is 0.619. The molecule has 0 aliphatic carbocycles. The summed E-state index contributed by atoms with van der Waals surface area (Å²) in [6.07, 6.45) is 1.77. The Morgan fingerprint density at radius 1 is 0.364 bits per heavy atom. The normalized spacial score (nSPS) is 12.1. The molecule has 0 saturated heterocycles. The third-order valence-electron chi connectivity index (χ3n) is 9.30.